The topological polar surface area (TPSA) is 78.9 Å². The van der Waals surface area contributed by atoms with E-state index in [0.717, 1.165) is 22.4 Å². The average molecular weight is 415 g/mol. The molecule has 0 saturated heterocycles. The standard InChI is InChI=1S/C23H18FN5O2/c24-9-13-29-14-19(16-7-11-25-12-8-16)22(28-29)17-3-5-18(6-4-17)30-15-21-27-20-2-1-10-26-23(20)31-21/h1-8,10-12,14H,9,13,15H2. The second-order valence-electron chi connectivity index (χ2n) is 6.83. The Bertz CT molecular complexity index is 1270. The first kappa shape index (κ1) is 18.9. The maximum Gasteiger partial charge on any atom is 0.247 e. The van der Waals surface area contributed by atoms with Gasteiger partial charge in [-0.05, 0) is 54.1 Å². The van der Waals surface area contributed by atoms with Gasteiger partial charge in [0, 0.05) is 35.9 Å². The van der Waals surface area contributed by atoms with Crippen LogP contribution in [0.4, 0.5) is 4.39 Å². The molecule has 0 amide bonds. The van der Waals surface area contributed by atoms with Crippen LogP contribution in [0.15, 0.2) is 77.7 Å². The van der Waals surface area contributed by atoms with E-state index < -0.39 is 6.67 Å². The molecule has 0 fully saturated rings. The van der Waals surface area contributed by atoms with Gasteiger partial charge >= 0.3 is 0 Å². The van der Waals surface area contributed by atoms with Gasteiger partial charge < -0.3 is 9.15 Å². The first-order chi connectivity index (χ1) is 15.3. The zero-order chi connectivity index (χ0) is 21.0. The molecular formula is C23H18FN5O2. The number of nitrogens with zero attached hydrogens (tertiary/aromatic N) is 5. The van der Waals surface area contributed by atoms with Crippen LogP contribution in [0.25, 0.3) is 33.6 Å². The zero-order valence-corrected chi connectivity index (χ0v) is 16.5. The Labute approximate surface area is 177 Å². The Hall–Kier alpha value is -4.07. The van der Waals surface area contributed by atoms with Crippen molar-refractivity contribution in [3.8, 4) is 28.1 Å². The van der Waals surface area contributed by atoms with Crippen molar-refractivity contribution in [3.63, 3.8) is 0 Å². The smallest absolute Gasteiger partial charge is 0.247 e. The average Bonchev–Trinajstić information content (AvgIpc) is 3.43. The molecule has 0 unspecified atom stereocenters. The molecule has 0 aliphatic rings. The van der Waals surface area contributed by atoms with Gasteiger partial charge in [-0.15, -0.1) is 0 Å². The second kappa shape index (κ2) is 8.35. The molecule has 0 saturated carbocycles. The van der Waals surface area contributed by atoms with Gasteiger partial charge in [0.15, 0.2) is 6.61 Å². The largest absolute Gasteiger partial charge is 0.484 e. The highest BCUT2D eigenvalue weighted by Gasteiger charge is 2.14. The summed E-state index contributed by atoms with van der Waals surface area (Å²) in [6, 6.07) is 15.0. The Morgan fingerprint density at radius 3 is 2.58 bits per heavy atom. The maximum absolute atomic E-state index is 12.9. The molecule has 7 nitrogen and oxygen atoms in total. The third-order valence-electron chi connectivity index (χ3n) is 4.77. The molecule has 5 rings (SSSR count). The van der Waals surface area contributed by atoms with E-state index in [1.54, 1.807) is 23.3 Å². The number of halogens is 1. The number of aromatic nitrogens is 5. The monoisotopic (exact) mass is 415 g/mol. The van der Waals surface area contributed by atoms with Crippen LogP contribution in [-0.4, -0.2) is 31.4 Å². The Morgan fingerprint density at radius 2 is 1.81 bits per heavy atom. The number of fused-ring (bicyclic) bond motifs is 1. The van der Waals surface area contributed by atoms with Crippen LogP contribution >= 0.6 is 0 Å². The van der Waals surface area contributed by atoms with Gasteiger partial charge in [0.2, 0.25) is 11.6 Å². The minimum absolute atomic E-state index is 0.198. The lowest BCUT2D eigenvalue weighted by Crippen LogP contribution is -1.99. The molecule has 0 bridgehead atoms. The summed E-state index contributed by atoms with van der Waals surface area (Å²) in [5.74, 6) is 1.13. The van der Waals surface area contributed by atoms with E-state index in [-0.39, 0.29) is 13.2 Å². The quantitative estimate of drug-likeness (QED) is 0.383. The van der Waals surface area contributed by atoms with Gasteiger partial charge in [0.1, 0.15) is 23.6 Å². The summed E-state index contributed by atoms with van der Waals surface area (Å²) in [6.45, 7) is -0.0727. The van der Waals surface area contributed by atoms with Crippen molar-refractivity contribution in [2.75, 3.05) is 6.67 Å². The van der Waals surface area contributed by atoms with Crippen LogP contribution in [-0.2, 0) is 13.2 Å². The number of pyridine rings is 2. The molecule has 31 heavy (non-hydrogen) atoms. The predicted molar refractivity (Wildman–Crippen MR) is 113 cm³/mol. The number of alkyl halides is 1. The lowest BCUT2D eigenvalue weighted by Gasteiger charge is -2.06. The summed E-state index contributed by atoms with van der Waals surface area (Å²) >= 11 is 0. The molecule has 5 aromatic rings. The molecule has 154 valence electrons. The van der Waals surface area contributed by atoms with E-state index in [1.165, 1.54) is 0 Å². The molecule has 4 heterocycles. The zero-order valence-electron chi connectivity index (χ0n) is 16.5. The van der Waals surface area contributed by atoms with E-state index in [0.29, 0.717) is 22.9 Å². The van der Waals surface area contributed by atoms with E-state index >= 15 is 0 Å². The van der Waals surface area contributed by atoms with Crippen molar-refractivity contribution in [1.29, 1.82) is 0 Å². The highest BCUT2D eigenvalue weighted by molar-refractivity contribution is 5.80. The van der Waals surface area contributed by atoms with E-state index in [2.05, 4.69) is 20.1 Å². The first-order valence-electron chi connectivity index (χ1n) is 9.77. The van der Waals surface area contributed by atoms with E-state index in [1.807, 2.05) is 54.7 Å². The summed E-state index contributed by atoms with van der Waals surface area (Å²) in [4.78, 5) is 12.6. The van der Waals surface area contributed by atoms with Crippen molar-refractivity contribution in [2.24, 2.45) is 0 Å². The number of rotatable bonds is 7. The molecule has 0 aliphatic heterocycles. The number of benzene rings is 1. The van der Waals surface area contributed by atoms with Crippen LogP contribution in [0.2, 0.25) is 0 Å². The van der Waals surface area contributed by atoms with Gasteiger partial charge in [-0.1, -0.05) is 0 Å². The highest BCUT2D eigenvalue weighted by atomic mass is 19.1. The molecule has 8 heteroatoms. The third kappa shape index (κ3) is 4.00. The summed E-state index contributed by atoms with van der Waals surface area (Å²) in [5, 5.41) is 4.58. The fraction of sp³-hybridized carbons (Fsp3) is 0.130. The number of oxazole rings is 1. The lowest BCUT2D eigenvalue weighted by atomic mass is 10.0. The van der Waals surface area contributed by atoms with Crippen LogP contribution in [0, 0.1) is 0 Å². The van der Waals surface area contributed by atoms with Crippen LogP contribution < -0.4 is 4.74 Å². The third-order valence-corrected chi connectivity index (χ3v) is 4.77. The summed E-state index contributed by atoms with van der Waals surface area (Å²) in [6.07, 6.45) is 6.97. The van der Waals surface area contributed by atoms with Crippen molar-refractivity contribution in [3.05, 3.63) is 79.2 Å². The number of hydrogen-bond acceptors (Lipinski definition) is 6. The predicted octanol–water partition coefficient (Wildman–Crippen LogP) is 4.70. The molecule has 0 aliphatic carbocycles. The number of hydrogen-bond donors (Lipinski definition) is 0. The molecule has 0 spiro atoms. The van der Waals surface area contributed by atoms with Gasteiger partial charge in [0.05, 0.1) is 6.54 Å². The summed E-state index contributed by atoms with van der Waals surface area (Å²) in [5.41, 5.74) is 4.76. The summed E-state index contributed by atoms with van der Waals surface area (Å²) < 4.78 is 25.9. The number of aryl methyl sites for hydroxylation is 1. The van der Waals surface area contributed by atoms with Crippen LogP contribution in [0.3, 0.4) is 0 Å². The van der Waals surface area contributed by atoms with E-state index in [9.17, 15) is 4.39 Å². The van der Waals surface area contributed by atoms with Crippen molar-refractivity contribution < 1.29 is 13.5 Å². The molecule has 4 aromatic heterocycles. The molecule has 1 aromatic carbocycles. The van der Waals surface area contributed by atoms with Crippen molar-refractivity contribution in [2.45, 2.75) is 13.2 Å². The van der Waals surface area contributed by atoms with Crippen molar-refractivity contribution >= 4 is 11.2 Å². The van der Waals surface area contributed by atoms with Crippen LogP contribution in [0.1, 0.15) is 5.89 Å². The maximum atomic E-state index is 12.9. The minimum atomic E-state index is -0.477. The van der Waals surface area contributed by atoms with Gasteiger partial charge in [-0.25, -0.2) is 14.4 Å². The summed E-state index contributed by atoms with van der Waals surface area (Å²) in [7, 11) is 0. The minimum Gasteiger partial charge on any atom is -0.484 e. The Morgan fingerprint density at radius 1 is 0.968 bits per heavy atom. The normalized spacial score (nSPS) is 11.1. The van der Waals surface area contributed by atoms with E-state index in [4.69, 9.17) is 9.15 Å². The lowest BCUT2D eigenvalue weighted by molar-refractivity contribution is 0.266. The Balaban J connectivity index is 1.37. The van der Waals surface area contributed by atoms with Gasteiger partial charge in [-0.2, -0.15) is 5.10 Å². The van der Waals surface area contributed by atoms with Gasteiger partial charge in [-0.3, -0.25) is 9.67 Å². The molecule has 0 N–H and O–H groups in total. The molecule has 0 atom stereocenters. The second-order valence-corrected chi connectivity index (χ2v) is 6.83. The first-order valence-corrected chi connectivity index (χ1v) is 9.77. The van der Waals surface area contributed by atoms with Crippen molar-refractivity contribution in [1.82, 2.24) is 24.7 Å². The van der Waals surface area contributed by atoms with Gasteiger partial charge in [0.25, 0.3) is 0 Å². The Kier molecular flexibility index (Phi) is 5.10. The fourth-order valence-corrected chi connectivity index (χ4v) is 3.31. The fourth-order valence-electron chi connectivity index (χ4n) is 3.31. The highest BCUT2D eigenvalue weighted by Crippen LogP contribution is 2.32. The molecular weight excluding hydrogens is 397 g/mol. The number of ether oxygens (including phenoxy) is 1. The SMILES string of the molecule is FCCn1cc(-c2ccncc2)c(-c2ccc(OCc3nc4cccnc4o3)cc2)n1. The van der Waals surface area contributed by atoms with Crippen LogP contribution in [0.5, 0.6) is 5.75 Å². The molecule has 0 radical (unpaired) electrons.